The van der Waals surface area contributed by atoms with E-state index in [1.54, 1.807) is 0 Å². The largest absolute Gasteiger partial charge is 0.459 e. The van der Waals surface area contributed by atoms with Crippen LogP contribution in [0.5, 0.6) is 0 Å². The van der Waals surface area contributed by atoms with E-state index in [2.05, 4.69) is 13.8 Å². The summed E-state index contributed by atoms with van der Waals surface area (Å²) < 4.78 is 6.13. The van der Waals surface area contributed by atoms with Gasteiger partial charge in [-0.15, -0.1) is 0 Å². The molecule has 0 radical (unpaired) electrons. The number of carbonyl (C=O) groups is 1. The van der Waals surface area contributed by atoms with Gasteiger partial charge in [0, 0.05) is 5.92 Å². The van der Waals surface area contributed by atoms with Crippen LogP contribution in [0.2, 0.25) is 0 Å². The Morgan fingerprint density at radius 3 is 2.55 bits per heavy atom. The van der Waals surface area contributed by atoms with Crippen LogP contribution in [0.15, 0.2) is 0 Å². The van der Waals surface area contributed by atoms with E-state index in [9.17, 15) is 4.79 Å². The van der Waals surface area contributed by atoms with Crippen LogP contribution in [-0.2, 0) is 9.53 Å². The van der Waals surface area contributed by atoms with Gasteiger partial charge in [0.2, 0.25) is 0 Å². The van der Waals surface area contributed by atoms with Crippen molar-refractivity contribution in [2.24, 2.45) is 17.3 Å². The van der Waals surface area contributed by atoms with Crippen LogP contribution in [0.4, 0.5) is 0 Å². The molecule has 3 unspecified atom stereocenters. The average molecular weight is 280 g/mol. The van der Waals surface area contributed by atoms with Crippen LogP contribution in [0.25, 0.3) is 0 Å². The highest BCUT2D eigenvalue weighted by atomic mass is 16.6. The van der Waals surface area contributed by atoms with Gasteiger partial charge in [0.25, 0.3) is 0 Å². The molecule has 20 heavy (non-hydrogen) atoms. The first-order valence-corrected chi connectivity index (χ1v) is 8.62. The highest BCUT2D eigenvalue weighted by molar-refractivity contribution is 5.76. The third-order valence-corrected chi connectivity index (χ3v) is 5.69. The maximum Gasteiger partial charge on any atom is 0.312 e. The van der Waals surface area contributed by atoms with Gasteiger partial charge in [0.15, 0.2) is 0 Å². The summed E-state index contributed by atoms with van der Waals surface area (Å²) in [5, 5.41) is 0. The molecule has 2 saturated carbocycles. The highest BCUT2D eigenvalue weighted by Gasteiger charge is 2.47. The van der Waals surface area contributed by atoms with E-state index in [0.29, 0.717) is 5.92 Å². The predicted octanol–water partition coefficient (Wildman–Crippen LogP) is 5.10. The van der Waals surface area contributed by atoms with Crippen molar-refractivity contribution in [3.63, 3.8) is 0 Å². The maximum absolute atomic E-state index is 12.6. The van der Waals surface area contributed by atoms with E-state index in [0.717, 1.165) is 25.2 Å². The summed E-state index contributed by atoms with van der Waals surface area (Å²) in [6.07, 6.45) is 10.8. The summed E-state index contributed by atoms with van der Waals surface area (Å²) >= 11 is 0. The van der Waals surface area contributed by atoms with E-state index in [-0.39, 0.29) is 17.0 Å². The van der Waals surface area contributed by atoms with Crippen molar-refractivity contribution in [1.29, 1.82) is 0 Å². The molecular formula is C18H32O2. The van der Waals surface area contributed by atoms with Gasteiger partial charge in [0.1, 0.15) is 5.60 Å². The third-order valence-electron chi connectivity index (χ3n) is 5.69. The smallest absolute Gasteiger partial charge is 0.312 e. The van der Waals surface area contributed by atoms with Crippen LogP contribution in [-0.4, -0.2) is 11.6 Å². The van der Waals surface area contributed by atoms with Crippen LogP contribution in [0.1, 0.15) is 85.5 Å². The second-order valence-electron chi connectivity index (χ2n) is 7.88. The zero-order chi connectivity index (χ0) is 14.8. The first-order chi connectivity index (χ1) is 9.39. The fourth-order valence-corrected chi connectivity index (χ4v) is 4.46. The number of rotatable bonds is 4. The van der Waals surface area contributed by atoms with E-state index in [1.807, 2.05) is 13.8 Å². The standard InChI is InChI=1S/C18H32O2/c1-5-12-17(2,3)16(19)20-18(4)13-8-10-14-9-6-7-11-15(14)18/h14-15H,5-13H2,1-4H3. The molecule has 2 nitrogen and oxygen atoms in total. The molecule has 2 aliphatic carbocycles. The minimum absolute atomic E-state index is 0.0214. The fraction of sp³-hybridized carbons (Fsp3) is 0.944. The molecule has 0 aromatic heterocycles. The molecule has 2 rings (SSSR count). The summed E-state index contributed by atoms with van der Waals surface area (Å²) in [5.41, 5.74) is -0.537. The van der Waals surface area contributed by atoms with E-state index >= 15 is 0 Å². The Kier molecular flexibility index (Phi) is 4.81. The summed E-state index contributed by atoms with van der Waals surface area (Å²) in [6.45, 7) is 8.40. The topological polar surface area (TPSA) is 26.3 Å². The van der Waals surface area contributed by atoms with Crippen molar-refractivity contribution in [3.8, 4) is 0 Å². The van der Waals surface area contributed by atoms with Gasteiger partial charge in [-0.25, -0.2) is 0 Å². The zero-order valence-corrected chi connectivity index (χ0v) is 13.8. The quantitative estimate of drug-likeness (QED) is 0.669. The van der Waals surface area contributed by atoms with Gasteiger partial charge in [-0.05, 0) is 58.8 Å². The molecule has 0 aromatic rings. The lowest BCUT2D eigenvalue weighted by Gasteiger charge is -2.48. The molecule has 116 valence electrons. The molecule has 0 bridgehead atoms. The second kappa shape index (κ2) is 6.07. The molecule has 0 spiro atoms. The SMILES string of the molecule is CCCC(C)(C)C(=O)OC1(C)CCCC2CCCCC21. The Labute approximate surface area is 124 Å². The van der Waals surface area contributed by atoms with Crippen LogP contribution in [0, 0.1) is 17.3 Å². The molecule has 0 aromatic carbocycles. The molecular weight excluding hydrogens is 248 g/mol. The van der Waals surface area contributed by atoms with Gasteiger partial charge in [-0.2, -0.15) is 0 Å². The minimum Gasteiger partial charge on any atom is -0.459 e. The summed E-state index contributed by atoms with van der Waals surface area (Å²) in [7, 11) is 0. The van der Waals surface area contributed by atoms with Crippen molar-refractivity contribution in [3.05, 3.63) is 0 Å². The van der Waals surface area contributed by atoms with E-state index < -0.39 is 0 Å². The molecule has 0 saturated heterocycles. The predicted molar refractivity (Wildman–Crippen MR) is 82.5 cm³/mol. The Morgan fingerprint density at radius 2 is 1.85 bits per heavy atom. The fourth-order valence-electron chi connectivity index (χ4n) is 4.46. The molecule has 2 fully saturated rings. The zero-order valence-electron chi connectivity index (χ0n) is 13.8. The van der Waals surface area contributed by atoms with Crippen molar-refractivity contribution in [1.82, 2.24) is 0 Å². The van der Waals surface area contributed by atoms with Crippen molar-refractivity contribution >= 4 is 5.97 Å². The molecule has 0 N–H and O–H groups in total. The van der Waals surface area contributed by atoms with E-state index in [4.69, 9.17) is 4.74 Å². The highest BCUT2D eigenvalue weighted by Crippen LogP contribution is 2.48. The van der Waals surface area contributed by atoms with Crippen LogP contribution in [0.3, 0.4) is 0 Å². The van der Waals surface area contributed by atoms with Crippen molar-refractivity contribution in [2.45, 2.75) is 91.1 Å². The summed E-state index contributed by atoms with van der Waals surface area (Å²) in [6, 6.07) is 0. The Bertz CT molecular complexity index is 345. The second-order valence-corrected chi connectivity index (χ2v) is 7.88. The Morgan fingerprint density at radius 1 is 1.20 bits per heavy atom. The molecule has 0 heterocycles. The van der Waals surface area contributed by atoms with Crippen molar-refractivity contribution < 1.29 is 9.53 Å². The molecule has 2 heteroatoms. The Hall–Kier alpha value is -0.530. The van der Waals surface area contributed by atoms with E-state index in [1.165, 1.54) is 38.5 Å². The number of hydrogen-bond donors (Lipinski definition) is 0. The Balaban J connectivity index is 2.07. The maximum atomic E-state index is 12.6. The lowest BCUT2D eigenvalue weighted by atomic mass is 9.63. The third kappa shape index (κ3) is 3.20. The molecule has 0 aliphatic heterocycles. The molecule has 2 aliphatic rings. The summed E-state index contributed by atoms with van der Waals surface area (Å²) in [5.74, 6) is 1.42. The van der Waals surface area contributed by atoms with Gasteiger partial charge >= 0.3 is 5.97 Å². The number of ether oxygens (including phenoxy) is 1. The first-order valence-electron chi connectivity index (χ1n) is 8.62. The monoisotopic (exact) mass is 280 g/mol. The molecule has 3 atom stereocenters. The van der Waals surface area contributed by atoms with Crippen molar-refractivity contribution in [2.75, 3.05) is 0 Å². The number of carbonyl (C=O) groups excluding carboxylic acids is 1. The van der Waals surface area contributed by atoms with Crippen LogP contribution >= 0.6 is 0 Å². The van der Waals surface area contributed by atoms with Gasteiger partial charge < -0.3 is 4.74 Å². The van der Waals surface area contributed by atoms with Gasteiger partial charge in [0.05, 0.1) is 5.41 Å². The lowest BCUT2D eigenvalue weighted by Crippen LogP contribution is -2.49. The lowest BCUT2D eigenvalue weighted by molar-refractivity contribution is -0.184. The average Bonchev–Trinajstić information content (AvgIpc) is 2.39. The van der Waals surface area contributed by atoms with Gasteiger partial charge in [-0.1, -0.05) is 32.6 Å². The normalized spacial score (nSPS) is 34.4. The number of hydrogen-bond acceptors (Lipinski definition) is 2. The number of fused-ring (bicyclic) bond motifs is 1. The summed E-state index contributed by atoms with van der Waals surface area (Å²) in [4.78, 5) is 12.6. The van der Waals surface area contributed by atoms with Gasteiger partial charge in [-0.3, -0.25) is 4.79 Å². The minimum atomic E-state index is -0.334. The number of esters is 1. The van der Waals surface area contributed by atoms with Crippen LogP contribution < -0.4 is 0 Å². The first kappa shape index (κ1) is 15.9. The molecule has 0 amide bonds.